The van der Waals surface area contributed by atoms with Crippen molar-refractivity contribution in [2.45, 2.75) is 6.42 Å². The normalized spacial score (nSPS) is 10.1. The molecule has 0 aliphatic carbocycles. The molecule has 0 heterocycles. The number of anilines is 1. The van der Waals surface area contributed by atoms with Crippen LogP contribution in [0.2, 0.25) is 0 Å². The molecule has 16 heavy (non-hydrogen) atoms. The molecule has 2 aromatic rings. The van der Waals surface area contributed by atoms with Gasteiger partial charge in [-0.1, -0.05) is 36.4 Å². The van der Waals surface area contributed by atoms with Crippen molar-refractivity contribution in [2.75, 3.05) is 19.0 Å². The maximum Gasteiger partial charge on any atom is 0.0364 e. The topological polar surface area (TPSA) is 3.24 Å². The summed E-state index contributed by atoms with van der Waals surface area (Å²) < 4.78 is 0. The molecular weight excluding hydrogens is 194 g/mol. The zero-order valence-electron chi connectivity index (χ0n) is 9.77. The van der Waals surface area contributed by atoms with Crippen LogP contribution in [0.1, 0.15) is 11.1 Å². The number of rotatable bonds is 3. The van der Waals surface area contributed by atoms with Gasteiger partial charge in [-0.05, 0) is 35.7 Å². The second-order valence-corrected chi connectivity index (χ2v) is 4.13. The molecule has 1 nitrogen and oxygen atoms in total. The monoisotopic (exact) mass is 210 g/mol. The summed E-state index contributed by atoms with van der Waals surface area (Å²) in [5, 5.41) is 0. The molecule has 0 bridgehead atoms. The highest BCUT2D eigenvalue weighted by molar-refractivity contribution is 5.47. The van der Waals surface area contributed by atoms with E-state index < -0.39 is 0 Å². The van der Waals surface area contributed by atoms with Crippen LogP contribution in [-0.4, -0.2) is 14.1 Å². The van der Waals surface area contributed by atoms with E-state index in [4.69, 9.17) is 0 Å². The Bertz CT molecular complexity index is 446. The molecule has 0 N–H and O–H groups in total. The Balaban J connectivity index is 2.19. The molecule has 0 aliphatic heterocycles. The van der Waals surface area contributed by atoms with E-state index in [1.165, 1.54) is 16.8 Å². The van der Waals surface area contributed by atoms with E-state index >= 15 is 0 Å². The van der Waals surface area contributed by atoms with E-state index in [9.17, 15) is 0 Å². The van der Waals surface area contributed by atoms with Crippen LogP contribution >= 0.6 is 0 Å². The first kappa shape index (κ1) is 10.7. The number of benzene rings is 2. The Morgan fingerprint density at radius 3 is 2.50 bits per heavy atom. The van der Waals surface area contributed by atoms with E-state index in [1.54, 1.807) is 0 Å². The Hall–Kier alpha value is -1.76. The summed E-state index contributed by atoms with van der Waals surface area (Å²) in [6.45, 7) is 0. The first-order chi connectivity index (χ1) is 7.75. The van der Waals surface area contributed by atoms with Crippen LogP contribution in [0.3, 0.4) is 0 Å². The van der Waals surface area contributed by atoms with Crippen molar-refractivity contribution in [1.29, 1.82) is 0 Å². The van der Waals surface area contributed by atoms with E-state index in [1.807, 2.05) is 12.1 Å². The van der Waals surface area contributed by atoms with Crippen molar-refractivity contribution in [3.63, 3.8) is 0 Å². The van der Waals surface area contributed by atoms with E-state index in [0.29, 0.717) is 0 Å². The lowest BCUT2D eigenvalue weighted by molar-refractivity contribution is 1.11. The lowest BCUT2D eigenvalue weighted by Crippen LogP contribution is -2.08. The molecule has 1 radical (unpaired) electrons. The van der Waals surface area contributed by atoms with Gasteiger partial charge < -0.3 is 4.90 Å². The smallest absolute Gasteiger partial charge is 0.0364 e. The average Bonchev–Trinajstić information content (AvgIpc) is 2.30. The first-order valence-electron chi connectivity index (χ1n) is 5.47. The predicted octanol–water partition coefficient (Wildman–Crippen LogP) is 3.14. The van der Waals surface area contributed by atoms with Gasteiger partial charge >= 0.3 is 0 Å². The van der Waals surface area contributed by atoms with Crippen molar-refractivity contribution in [2.24, 2.45) is 0 Å². The first-order valence-corrected chi connectivity index (χ1v) is 5.47. The number of hydrogen-bond acceptors (Lipinski definition) is 1. The second-order valence-electron chi connectivity index (χ2n) is 4.13. The quantitative estimate of drug-likeness (QED) is 0.752. The van der Waals surface area contributed by atoms with Gasteiger partial charge in [0.15, 0.2) is 0 Å². The lowest BCUT2D eigenvalue weighted by atomic mass is 10.0. The Morgan fingerprint density at radius 1 is 1.06 bits per heavy atom. The van der Waals surface area contributed by atoms with Gasteiger partial charge in [-0.15, -0.1) is 0 Å². The molecule has 0 saturated carbocycles. The fourth-order valence-corrected chi connectivity index (χ4v) is 1.70. The Labute approximate surface area is 97.3 Å². The maximum absolute atomic E-state index is 3.29. The highest BCUT2D eigenvalue weighted by Gasteiger charge is 1.99. The van der Waals surface area contributed by atoms with Crippen molar-refractivity contribution in [3.8, 4) is 0 Å². The SMILES string of the molecule is CN(C)c1cc[c]c(Cc2ccccc2)c1. The standard InChI is InChI=1S/C15H16N/c1-16(2)15-10-6-9-14(12-15)11-13-7-4-3-5-8-13/h3-8,10,12H,11H2,1-2H3. The van der Waals surface area contributed by atoms with Gasteiger partial charge in [-0.25, -0.2) is 0 Å². The van der Waals surface area contributed by atoms with Crippen molar-refractivity contribution in [3.05, 3.63) is 65.7 Å². The predicted molar refractivity (Wildman–Crippen MR) is 68.9 cm³/mol. The highest BCUT2D eigenvalue weighted by atomic mass is 15.1. The van der Waals surface area contributed by atoms with E-state index in [-0.39, 0.29) is 0 Å². The van der Waals surface area contributed by atoms with Crippen molar-refractivity contribution < 1.29 is 0 Å². The molecule has 0 amide bonds. The van der Waals surface area contributed by atoms with E-state index in [0.717, 1.165) is 6.42 Å². The zero-order valence-corrected chi connectivity index (χ0v) is 9.77. The fourth-order valence-electron chi connectivity index (χ4n) is 1.70. The second kappa shape index (κ2) is 4.84. The molecule has 2 aromatic carbocycles. The third-order valence-corrected chi connectivity index (χ3v) is 2.60. The van der Waals surface area contributed by atoms with Gasteiger partial charge in [0, 0.05) is 19.8 Å². The molecule has 0 atom stereocenters. The molecule has 1 heteroatoms. The van der Waals surface area contributed by atoms with Crippen molar-refractivity contribution in [1.82, 2.24) is 0 Å². The number of nitrogens with zero attached hydrogens (tertiary/aromatic N) is 1. The lowest BCUT2D eigenvalue weighted by Gasteiger charge is -2.13. The van der Waals surface area contributed by atoms with Crippen LogP contribution in [0, 0.1) is 6.07 Å². The molecule has 0 fully saturated rings. The summed E-state index contributed by atoms with van der Waals surface area (Å²) in [6, 6.07) is 20.0. The fraction of sp³-hybridized carbons (Fsp3) is 0.200. The van der Waals surface area contributed by atoms with Gasteiger partial charge in [0.05, 0.1) is 0 Å². The van der Waals surface area contributed by atoms with Crippen LogP contribution in [0.4, 0.5) is 5.69 Å². The Morgan fingerprint density at radius 2 is 1.81 bits per heavy atom. The molecular formula is C15H16N. The summed E-state index contributed by atoms with van der Waals surface area (Å²) >= 11 is 0. The van der Waals surface area contributed by atoms with Gasteiger partial charge in [0.1, 0.15) is 0 Å². The molecule has 0 unspecified atom stereocenters. The Kier molecular flexibility index (Phi) is 3.25. The summed E-state index contributed by atoms with van der Waals surface area (Å²) in [5.74, 6) is 0. The third kappa shape index (κ3) is 2.63. The zero-order chi connectivity index (χ0) is 11.4. The summed E-state index contributed by atoms with van der Waals surface area (Å²) in [7, 11) is 4.11. The maximum atomic E-state index is 3.29. The molecule has 81 valence electrons. The largest absolute Gasteiger partial charge is 0.378 e. The van der Waals surface area contributed by atoms with Crippen LogP contribution in [0.15, 0.2) is 48.5 Å². The molecule has 2 rings (SSSR count). The van der Waals surface area contributed by atoms with Crippen LogP contribution in [-0.2, 0) is 6.42 Å². The average molecular weight is 210 g/mol. The minimum atomic E-state index is 0.947. The van der Waals surface area contributed by atoms with Crippen molar-refractivity contribution >= 4 is 5.69 Å². The van der Waals surface area contributed by atoms with Gasteiger partial charge in [-0.2, -0.15) is 0 Å². The summed E-state index contributed by atoms with van der Waals surface area (Å²) in [5.41, 5.74) is 3.79. The molecule has 0 spiro atoms. The third-order valence-electron chi connectivity index (χ3n) is 2.60. The van der Waals surface area contributed by atoms with Crippen LogP contribution < -0.4 is 4.90 Å². The minimum Gasteiger partial charge on any atom is -0.378 e. The van der Waals surface area contributed by atoms with Gasteiger partial charge in [0.2, 0.25) is 0 Å². The summed E-state index contributed by atoms with van der Waals surface area (Å²) in [4.78, 5) is 2.11. The molecule has 0 aromatic heterocycles. The van der Waals surface area contributed by atoms with E-state index in [2.05, 4.69) is 61.5 Å². The van der Waals surface area contributed by atoms with Gasteiger partial charge in [-0.3, -0.25) is 0 Å². The molecule has 0 aliphatic rings. The highest BCUT2D eigenvalue weighted by Crippen LogP contribution is 2.15. The van der Waals surface area contributed by atoms with Crippen LogP contribution in [0.25, 0.3) is 0 Å². The van der Waals surface area contributed by atoms with Gasteiger partial charge in [0.25, 0.3) is 0 Å². The minimum absolute atomic E-state index is 0.947. The summed E-state index contributed by atoms with van der Waals surface area (Å²) in [6.07, 6.45) is 0.947. The van der Waals surface area contributed by atoms with Crippen LogP contribution in [0.5, 0.6) is 0 Å². The number of hydrogen-bond donors (Lipinski definition) is 0. The molecule has 0 saturated heterocycles.